The summed E-state index contributed by atoms with van der Waals surface area (Å²) in [6, 6.07) is 7.55. The monoisotopic (exact) mass is 253 g/mol. The maximum atomic E-state index is 4.47. The molecule has 0 aliphatic heterocycles. The molecule has 1 heterocycles. The molecule has 1 aromatic heterocycles. The van der Waals surface area contributed by atoms with E-state index in [1.807, 2.05) is 6.20 Å². The number of H-pyrrole nitrogens is 1. The van der Waals surface area contributed by atoms with Crippen LogP contribution in [-0.2, 0) is 19.4 Å². The maximum absolute atomic E-state index is 4.47. The van der Waals surface area contributed by atoms with Gasteiger partial charge < -0.3 is 10.3 Å². The summed E-state index contributed by atoms with van der Waals surface area (Å²) < 4.78 is 0. The van der Waals surface area contributed by atoms with E-state index in [-0.39, 0.29) is 0 Å². The van der Waals surface area contributed by atoms with E-state index in [1.54, 1.807) is 0 Å². The second-order valence-corrected chi connectivity index (χ2v) is 5.74. The van der Waals surface area contributed by atoms with E-state index in [2.05, 4.69) is 33.5 Å². The minimum Gasteiger partial charge on any atom is -0.341 e. The first kappa shape index (κ1) is 11.2. The minimum atomic E-state index is 0.730. The van der Waals surface area contributed by atoms with Crippen molar-refractivity contribution < 1.29 is 0 Å². The molecule has 2 aliphatic carbocycles. The van der Waals surface area contributed by atoms with Gasteiger partial charge in [-0.1, -0.05) is 12.1 Å². The molecule has 1 aromatic carbocycles. The summed E-state index contributed by atoms with van der Waals surface area (Å²) in [6.45, 7) is 0.857. The van der Waals surface area contributed by atoms with E-state index in [1.165, 1.54) is 48.8 Å². The van der Waals surface area contributed by atoms with Crippen molar-refractivity contribution in [1.82, 2.24) is 15.3 Å². The minimum absolute atomic E-state index is 0.730. The van der Waals surface area contributed by atoms with Crippen molar-refractivity contribution in [2.24, 2.45) is 0 Å². The van der Waals surface area contributed by atoms with Crippen molar-refractivity contribution in [3.8, 4) is 11.3 Å². The van der Waals surface area contributed by atoms with Crippen LogP contribution in [0.4, 0.5) is 0 Å². The van der Waals surface area contributed by atoms with Crippen molar-refractivity contribution in [2.75, 3.05) is 0 Å². The quantitative estimate of drug-likeness (QED) is 0.879. The Morgan fingerprint density at radius 2 is 2.11 bits per heavy atom. The van der Waals surface area contributed by atoms with Crippen LogP contribution in [0.1, 0.15) is 36.2 Å². The van der Waals surface area contributed by atoms with E-state index in [0.29, 0.717) is 0 Å². The summed E-state index contributed by atoms with van der Waals surface area (Å²) in [4.78, 5) is 7.90. The van der Waals surface area contributed by atoms with Crippen LogP contribution < -0.4 is 5.32 Å². The van der Waals surface area contributed by atoms with Gasteiger partial charge >= 0.3 is 0 Å². The van der Waals surface area contributed by atoms with Crippen LogP contribution in [-0.4, -0.2) is 16.0 Å². The van der Waals surface area contributed by atoms with Crippen LogP contribution >= 0.6 is 0 Å². The summed E-state index contributed by atoms with van der Waals surface area (Å²) in [5.74, 6) is 1.04. The summed E-state index contributed by atoms with van der Waals surface area (Å²) in [5, 5.41) is 3.49. The molecule has 2 aromatic rings. The van der Waals surface area contributed by atoms with Crippen LogP contribution in [0.5, 0.6) is 0 Å². The third-order valence-electron chi connectivity index (χ3n) is 4.17. The van der Waals surface area contributed by atoms with Gasteiger partial charge in [-0.3, -0.25) is 0 Å². The lowest BCUT2D eigenvalue weighted by Crippen LogP contribution is -2.16. The van der Waals surface area contributed by atoms with Gasteiger partial charge in [0.1, 0.15) is 5.82 Å². The average molecular weight is 253 g/mol. The highest BCUT2D eigenvalue weighted by atomic mass is 15.0. The average Bonchev–Trinajstić information content (AvgIpc) is 2.96. The number of hydrogen-bond donors (Lipinski definition) is 2. The number of benzene rings is 1. The number of imidazole rings is 1. The molecule has 0 radical (unpaired) electrons. The molecule has 98 valence electrons. The fourth-order valence-electron chi connectivity index (χ4n) is 2.87. The molecule has 1 fully saturated rings. The highest BCUT2D eigenvalue weighted by Gasteiger charge is 2.20. The zero-order valence-corrected chi connectivity index (χ0v) is 11.1. The molecule has 0 atom stereocenters. The number of rotatable bonds is 4. The Kier molecular flexibility index (Phi) is 2.66. The predicted octanol–water partition coefficient (Wildman–Crippen LogP) is 2.82. The molecule has 0 amide bonds. The SMILES string of the molecule is c1cc2c(cc1-c1cnc(CNC3CC3)[nH]1)CCC2. The lowest BCUT2D eigenvalue weighted by atomic mass is 10.1. The zero-order chi connectivity index (χ0) is 12.7. The number of fused-ring (bicyclic) bond motifs is 1. The van der Waals surface area contributed by atoms with Crippen molar-refractivity contribution in [2.45, 2.75) is 44.7 Å². The molecule has 19 heavy (non-hydrogen) atoms. The normalized spacial score (nSPS) is 17.7. The summed E-state index contributed by atoms with van der Waals surface area (Å²) in [5.41, 5.74) is 5.46. The van der Waals surface area contributed by atoms with Crippen LogP contribution in [0.3, 0.4) is 0 Å². The molecule has 2 aliphatic rings. The topological polar surface area (TPSA) is 40.7 Å². The molecule has 0 spiro atoms. The Balaban J connectivity index is 1.54. The molecule has 0 saturated heterocycles. The van der Waals surface area contributed by atoms with Crippen molar-refractivity contribution in [3.05, 3.63) is 41.3 Å². The molecular weight excluding hydrogens is 234 g/mol. The number of hydrogen-bond acceptors (Lipinski definition) is 2. The van der Waals surface area contributed by atoms with Crippen LogP contribution in [0.15, 0.2) is 24.4 Å². The molecule has 3 heteroatoms. The Morgan fingerprint density at radius 3 is 3.00 bits per heavy atom. The van der Waals surface area contributed by atoms with Gasteiger partial charge in [-0.2, -0.15) is 0 Å². The Morgan fingerprint density at radius 1 is 1.21 bits per heavy atom. The van der Waals surface area contributed by atoms with Crippen molar-refractivity contribution in [1.29, 1.82) is 0 Å². The fraction of sp³-hybridized carbons (Fsp3) is 0.438. The third-order valence-corrected chi connectivity index (χ3v) is 4.17. The van der Waals surface area contributed by atoms with Gasteiger partial charge in [0.05, 0.1) is 18.4 Å². The number of aromatic amines is 1. The molecular formula is C16H19N3. The standard InChI is InChI=1S/C16H19N3/c1-2-11-4-5-13(8-12(11)3-1)15-9-18-16(19-15)10-17-14-6-7-14/h4-5,8-9,14,17H,1-3,6-7,10H2,(H,18,19). The number of nitrogens with zero attached hydrogens (tertiary/aromatic N) is 1. The number of aromatic nitrogens is 2. The Bertz CT molecular complexity index is 596. The highest BCUT2D eigenvalue weighted by molar-refractivity contribution is 5.61. The van der Waals surface area contributed by atoms with Crippen molar-refractivity contribution in [3.63, 3.8) is 0 Å². The van der Waals surface area contributed by atoms with E-state index < -0.39 is 0 Å². The Labute approximate surface area is 113 Å². The first-order valence-corrected chi connectivity index (χ1v) is 7.28. The second kappa shape index (κ2) is 4.49. The molecule has 2 N–H and O–H groups in total. The van der Waals surface area contributed by atoms with E-state index >= 15 is 0 Å². The van der Waals surface area contributed by atoms with Crippen LogP contribution in [0.2, 0.25) is 0 Å². The molecule has 0 bridgehead atoms. The van der Waals surface area contributed by atoms with Gasteiger partial charge in [-0.25, -0.2) is 4.98 Å². The second-order valence-electron chi connectivity index (χ2n) is 5.74. The fourth-order valence-corrected chi connectivity index (χ4v) is 2.87. The molecule has 4 rings (SSSR count). The predicted molar refractivity (Wildman–Crippen MR) is 75.9 cm³/mol. The summed E-state index contributed by atoms with van der Waals surface area (Å²) in [6.07, 6.45) is 8.37. The largest absolute Gasteiger partial charge is 0.341 e. The third kappa shape index (κ3) is 2.30. The van der Waals surface area contributed by atoms with Crippen LogP contribution in [0, 0.1) is 0 Å². The van der Waals surface area contributed by atoms with Gasteiger partial charge in [0, 0.05) is 6.04 Å². The summed E-state index contributed by atoms with van der Waals surface area (Å²) >= 11 is 0. The number of aryl methyl sites for hydroxylation is 2. The van der Waals surface area contributed by atoms with Gasteiger partial charge in [0.25, 0.3) is 0 Å². The maximum Gasteiger partial charge on any atom is 0.120 e. The van der Waals surface area contributed by atoms with Gasteiger partial charge in [-0.15, -0.1) is 0 Å². The smallest absolute Gasteiger partial charge is 0.120 e. The van der Waals surface area contributed by atoms with E-state index in [0.717, 1.165) is 24.1 Å². The summed E-state index contributed by atoms with van der Waals surface area (Å²) in [7, 11) is 0. The highest BCUT2D eigenvalue weighted by Crippen LogP contribution is 2.27. The first-order valence-electron chi connectivity index (χ1n) is 7.28. The van der Waals surface area contributed by atoms with Crippen molar-refractivity contribution >= 4 is 0 Å². The Hall–Kier alpha value is -1.61. The molecule has 1 saturated carbocycles. The van der Waals surface area contributed by atoms with Gasteiger partial charge in [0.15, 0.2) is 0 Å². The van der Waals surface area contributed by atoms with E-state index in [4.69, 9.17) is 0 Å². The van der Waals surface area contributed by atoms with Crippen LogP contribution in [0.25, 0.3) is 11.3 Å². The zero-order valence-electron chi connectivity index (χ0n) is 11.1. The number of nitrogens with one attached hydrogen (secondary N) is 2. The molecule has 3 nitrogen and oxygen atoms in total. The molecule has 0 unspecified atom stereocenters. The lowest BCUT2D eigenvalue weighted by Gasteiger charge is -2.03. The first-order chi connectivity index (χ1) is 9.38. The lowest BCUT2D eigenvalue weighted by molar-refractivity contribution is 0.664. The van der Waals surface area contributed by atoms with Gasteiger partial charge in [-0.05, 0) is 54.9 Å². The van der Waals surface area contributed by atoms with Gasteiger partial charge in [0.2, 0.25) is 0 Å². The van der Waals surface area contributed by atoms with E-state index in [9.17, 15) is 0 Å².